The minimum atomic E-state index is -9.44. The van der Waals surface area contributed by atoms with Crippen molar-refractivity contribution in [1.82, 2.24) is 5.12 Å². The van der Waals surface area contributed by atoms with Gasteiger partial charge in [0.15, 0.2) is 0 Å². The number of hydrogen-bond acceptors (Lipinski definition) is 1. The lowest BCUT2D eigenvalue weighted by molar-refractivity contribution is -0.478. The summed E-state index contributed by atoms with van der Waals surface area (Å²) in [6.45, 7) is -3.47. The molecule has 0 aliphatic rings. The second-order valence-electron chi connectivity index (χ2n) is 7.13. The normalized spacial score (nSPS) is 16.9. The number of nitrogens with zero attached hydrogens (tertiary/aromatic N) is 1. The third kappa shape index (κ3) is 4.36. The van der Waals surface area contributed by atoms with E-state index in [1.54, 1.807) is 0 Å². The molecule has 0 heterocycles. The van der Waals surface area contributed by atoms with Crippen molar-refractivity contribution in [3.05, 3.63) is 0 Å². The number of alkyl halides is 23. The SMILES string of the molecule is CN(F)CC(F)(F)C(F)(F)C(F)(F)C(F)(F)C(F)(F)C(F)(F)C(F)(F)C(F)(F)C(F)(F)C(F)(F)C(F)(F)F. The summed E-state index contributed by atoms with van der Waals surface area (Å²) in [4.78, 5) is 0. The van der Waals surface area contributed by atoms with Crippen LogP contribution < -0.4 is 0 Å². The average molecular weight is 631 g/mol. The highest BCUT2D eigenvalue weighted by Gasteiger charge is 2.98. The zero-order valence-corrected chi connectivity index (χ0v) is 16.7. The molecule has 0 atom stereocenters. The van der Waals surface area contributed by atoms with Crippen molar-refractivity contribution in [3.63, 3.8) is 0 Å². The van der Waals surface area contributed by atoms with E-state index in [2.05, 4.69) is 0 Å². The Labute approximate surface area is 191 Å². The standard InChI is InChI=1S/C13H5F24N/c1-38(37)2-3(14,15)4(16,17)5(18,19)6(20,21)7(22,23)8(24,25)9(26,27)10(28,29)11(30,31)12(32,33)13(34,35)36/h2H2,1H3. The van der Waals surface area contributed by atoms with Gasteiger partial charge in [0.2, 0.25) is 0 Å². The van der Waals surface area contributed by atoms with E-state index in [9.17, 15) is 105 Å². The van der Waals surface area contributed by atoms with Crippen molar-refractivity contribution in [2.24, 2.45) is 0 Å². The number of hydrogen-bond donors (Lipinski definition) is 0. The molecule has 0 amide bonds. The molecule has 1 nitrogen and oxygen atoms in total. The summed E-state index contributed by atoms with van der Waals surface area (Å²) in [5.74, 6) is -88.3. The van der Waals surface area contributed by atoms with E-state index in [1.807, 2.05) is 0 Å². The van der Waals surface area contributed by atoms with Crippen molar-refractivity contribution < 1.29 is 105 Å². The molecule has 230 valence electrons. The van der Waals surface area contributed by atoms with Gasteiger partial charge in [-0.05, 0) is 0 Å². The Kier molecular flexibility index (Phi) is 8.49. The third-order valence-electron chi connectivity index (χ3n) is 4.39. The first-order chi connectivity index (χ1) is 15.9. The molecule has 0 aliphatic heterocycles. The monoisotopic (exact) mass is 631 g/mol. The van der Waals surface area contributed by atoms with Crippen LogP contribution in [0, 0.1) is 0 Å². The van der Waals surface area contributed by atoms with Crippen molar-refractivity contribution in [3.8, 4) is 0 Å². The van der Waals surface area contributed by atoms with E-state index in [4.69, 9.17) is 0 Å². The molecule has 0 rings (SSSR count). The van der Waals surface area contributed by atoms with Gasteiger partial charge in [-0.1, -0.05) is 0 Å². The fourth-order valence-corrected chi connectivity index (χ4v) is 2.16. The van der Waals surface area contributed by atoms with Crippen LogP contribution in [0.2, 0.25) is 0 Å². The second kappa shape index (κ2) is 8.89. The Morgan fingerprint density at radius 1 is 0.342 bits per heavy atom. The van der Waals surface area contributed by atoms with E-state index < -0.39 is 77.1 Å². The van der Waals surface area contributed by atoms with Crippen LogP contribution in [-0.4, -0.2) is 84.1 Å². The first-order valence-electron chi connectivity index (χ1n) is 8.13. The predicted molar refractivity (Wildman–Crippen MR) is 69.3 cm³/mol. The molecule has 38 heavy (non-hydrogen) atoms. The minimum absolute atomic E-state index is 0.359. The summed E-state index contributed by atoms with van der Waals surface area (Å²) in [7, 11) is -0.359. The molecule has 0 aromatic rings. The van der Waals surface area contributed by atoms with E-state index in [0.29, 0.717) is 0 Å². The Hall–Kier alpha value is -1.72. The van der Waals surface area contributed by atoms with Gasteiger partial charge in [0.1, 0.15) is 0 Å². The van der Waals surface area contributed by atoms with E-state index in [-0.39, 0.29) is 7.05 Å². The summed E-state index contributed by atoms with van der Waals surface area (Å²) in [5, 5.41) is -1.74. The highest BCUT2D eigenvalue weighted by atomic mass is 19.4. The van der Waals surface area contributed by atoms with Crippen molar-refractivity contribution in [1.29, 1.82) is 0 Å². The highest BCUT2D eigenvalue weighted by molar-refractivity contribution is 5.19. The molecule has 0 N–H and O–H groups in total. The van der Waals surface area contributed by atoms with Gasteiger partial charge in [-0.25, -0.2) is 0 Å². The Balaban J connectivity index is 7.18. The fraction of sp³-hybridized carbons (Fsp3) is 1.00. The van der Waals surface area contributed by atoms with Crippen LogP contribution in [0.5, 0.6) is 0 Å². The van der Waals surface area contributed by atoms with Crippen LogP contribution in [-0.2, 0) is 0 Å². The highest BCUT2D eigenvalue weighted by Crippen LogP contribution is 2.67. The van der Waals surface area contributed by atoms with Gasteiger partial charge in [0.25, 0.3) is 0 Å². The summed E-state index contributed by atoms with van der Waals surface area (Å²) in [5.41, 5.74) is 0. The maximum absolute atomic E-state index is 13.5. The summed E-state index contributed by atoms with van der Waals surface area (Å²) < 4.78 is 313. The first-order valence-corrected chi connectivity index (χ1v) is 8.13. The van der Waals surface area contributed by atoms with Crippen molar-refractivity contribution >= 4 is 0 Å². The number of rotatable bonds is 11. The smallest absolute Gasteiger partial charge is 0.198 e. The molecule has 0 aliphatic carbocycles. The molecule has 0 aromatic carbocycles. The van der Waals surface area contributed by atoms with Crippen LogP contribution >= 0.6 is 0 Å². The van der Waals surface area contributed by atoms with Gasteiger partial charge in [-0.15, -0.1) is 9.60 Å². The van der Waals surface area contributed by atoms with Gasteiger partial charge in [0, 0.05) is 7.05 Å². The quantitative estimate of drug-likeness (QED) is 0.167. The summed E-state index contributed by atoms with van der Waals surface area (Å²) in [6.07, 6.45) is -8.11. The molecular weight excluding hydrogens is 626 g/mol. The van der Waals surface area contributed by atoms with Crippen molar-refractivity contribution in [2.45, 2.75) is 65.4 Å². The minimum Gasteiger partial charge on any atom is -0.198 e. The molecule has 0 bridgehead atoms. The molecule has 0 aromatic heterocycles. The Bertz CT molecular complexity index is 848. The molecule has 0 radical (unpaired) electrons. The van der Waals surface area contributed by atoms with Crippen molar-refractivity contribution in [2.75, 3.05) is 13.6 Å². The lowest BCUT2D eigenvalue weighted by Crippen LogP contribution is -2.77. The van der Waals surface area contributed by atoms with Crippen LogP contribution in [0.3, 0.4) is 0 Å². The molecule has 0 unspecified atom stereocenters. The van der Waals surface area contributed by atoms with Crippen LogP contribution in [0.4, 0.5) is 105 Å². The Morgan fingerprint density at radius 3 is 0.711 bits per heavy atom. The van der Waals surface area contributed by atoms with Crippen LogP contribution in [0.15, 0.2) is 0 Å². The molecular formula is C13H5F24N. The molecule has 25 heteroatoms. The van der Waals surface area contributed by atoms with E-state index in [0.717, 1.165) is 0 Å². The zero-order valence-electron chi connectivity index (χ0n) is 16.7. The summed E-state index contributed by atoms with van der Waals surface area (Å²) >= 11 is 0. The topological polar surface area (TPSA) is 3.24 Å². The largest absolute Gasteiger partial charge is 0.460 e. The fourth-order valence-electron chi connectivity index (χ4n) is 2.16. The van der Waals surface area contributed by atoms with Gasteiger partial charge >= 0.3 is 65.4 Å². The van der Waals surface area contributed by atoms with E-state index in [1.165, 1.54) is 0 Å². The Morgan fingerprint density at radius 2 is 0.526 bits per heavy atom. The predicted octanol–water partition coefficient (Wildman–Crippen LogP) is 7.72. The summed E-state index contributed by atoms with van der Waals surface area (Å²) in [6, 6.07) is 0. The molecule has 0 fully saturated rings. The second-order valence-corrected chi connectivity index (χ2v) is 7.13. The maximum atomic E-state index is 13.5. The zero-order chi connectivity index (χ0) is 31.8. The first kappa shape index (κ1) is 36.3. The average Bonchev–Trinajstić information content (AvgIpc) is 2.64. The molecule has 0 spiro atoms. The van der Waals surface area contributed by atoms with Gasteiger partial charge < -0.3 is 0 Å². The number of halogens is 24. The van der Waals surface area contributed by atoms with Crippen LogP contribution in [0.1, 0.15) is 0 Å². The van der Waals surface area contributed by atoms with Crippen LogP contribution in [0.25, 0.3) is 0 Å². The lowest BCUT2D eigenvalue weighted by Gasteiger charge is -2.45. The molecule has 0 saturated carbocycles. The lowest BCUT2D eigenvalue weighted by atomic mass is 9.85. The maximum Gasteiger partial charge on any atom is 0.460 e. The van der Waals surface area contributed by atoms with Gasteiger partial charge in [-0.3, -0.25) is 0 Å². The third-order valence-corrected chi connectivity index (χ3v) is 4.39. The van der Waals surface area contributed by atoms with E-state index >= 15 is 0 Å². The molecule has 0 saturated heterocycles. The van der Waals surface area contributed by atoms with Gasteiger partial charge in [-0.2, -0.15) is 101 Å². The van der Waals surface area contributed by atoms with Gasteiger partial charge in [0.05, 0.1) is 6.54 Å².